The molecule has 2 unspecified atom stereocenters. The van der Waals surface area contributed by atoms with E-state index in [1.165, 1.54) is 11.1 Å². The molecule has 76 valence electrons. The van der Waals surface area contributed by atoms with E-state index >= 15 is 0 Å². The third kappa shape index (κ3) is 1.23. The number of hydrogen-bond donors (Lipinski definition) is 0. The standard InChI is InChI=1S/C13H18O/c1-5-13(4)10(3)11-7-6-9(2)8-12(11)14-13/h6-8,10H,5H2,1-4H3. The Morgan fingerprint density at radius 2 is 2.14 bits per heavy atom. The molecule has 0 bridgehead atoms. The number of fused-ring (bicyclic) bond motifs is 1. The average Bonchev–Trinajstić information content (AvgIpc) is 2.40. The summed E-state index contributed by atoms with van der Waals surface area (Å²) in [5.74, 6) is 1.59. The van der Waals surface area contributed by atoms with Gasteiger partial charge in [0.15, 0.2) is 0 Å². The minimum atomic E-state index is -0.00384. The van der Waals surface area contributed by atoms with E-state index in [9.17, 15) is 0 Å². The van der Waals surface area contributed by atoms with E-state index in [4.69, 9.17) is 4.74 Å². The zero-order chi connectivity index (χ0) is 10.3. The highest BCUT2D eigenvalue weighted by Crippen LogP contribution is 2.46. The van der Waals surface area contributed by atoms with Gasteiger partial charge in [-0.25, -0.2) is 0 Å². The number of rotatable bonds is 1. The Bertz CT molecular complexity index is 356. The normalized spacial score (nSPS) is 29.9. The van der Waals surface area contributed by atoms with Gasteiger partial charge in [0.25, 0.3) is 0 Å². The summed E-state index contributed by atoms with van der Waals surface area (Å²) in [6.07, 6.45) is 1.06. The first-order valence-corrected chi connectivity index (χ1v) is 5.36. The molecule has 0 aromatic heterocycles. The lowest BCUT2D eigenvalue weighted by Gasteiger charge is -2.27. The van der Waals surface area contributed by atoms with Crippen molar-refractivity contribution in [2.45, 2.75) is 45.6 Å². The quantitative estimate of drug-likeness (QED) is 0.656. The molecule has 0 N–H and O–H groups in total. The van der Waals surface area contributed by atoms with Gasteiger partial charge in [0.05, 0.1) is 0 Å². The van der Waals surface area contributed by atoms with Crippen LogP contribution in [0.1, 0.15) is 44.2 Å². The zero-order valence-corrected chi connectivity index (χ0v) is 9.42. The van der Waals surface area contributed by atoms with Crippen LogP contribution < -0.4 is 4.74 Å². The molecular weight excluding hydrogens is 172 g/mol. The van der Waals surface area contributed by atoms with Gasteiger partial charge in [-0.3, -0.25) is 0 Å². The highest BCUT2D eigenvalue weighted by Gasteiger charge is 2.40. The van der Waals surface area contributed by atoms with Gasteiger partial charge in [0.2, 0.25) is 0 Å². The van der Waals surface area contributed by atoms with E-state index in [1.54, 1.807) is 0 Å². The Labute approximate surface area is 86.1 Å². The summed E-state index contributed by atoms with van der Waals surface area (Å²) in [6, 6.07) is 6.52. The molecular formula is C13H18O. The highest BCUT2D eigenvalue weighted by atomic mass is 16.5. The Kier molecular flexibility index (Phi) is 2.06. The summed E-state index contributed by atoms with van der Waals surface area (Å²) >= 11 is 0. The lowest BCUT2D eigenvalue weighted by Crippen LogP contribution is -2.31. The second-order valence-electron chi connectivity index (χ2n) is 4.53. The maximum atomic E-state index is 6.04. The molecule has 2 atom stereocenters. The van der Waals surface area contributed by atoms with Gasteiger partial charge in [-0.15, -0.1) is 0 Å². The van der Waals surface area contributed by atoms with Crippen LogP contribution in [0.2, 0.25) is 0 Å². The first-order valence-electron chi connectivity index (χ1n) is 5.36. The monoisotopic (exact) mass is 190 g/mol. The van der Waals surface area contributed by atoms with Crippen molar-refractivity contribution in [2.75, 3.05) is 0 Å². The Hall–Kier alpha value is -0.980. The molecule has 0 radical (unpaired) electrons. The topological polar surface area (TPSA) is 9.23 Å². The van der Waals surface area contributed by atoms with Crippen LogP contribution in [-0.4, -0.2) is 5.60 Å². The first-order chi connectivity index (χ1) is 6.57. The molecule has 1 aliphatic rings. The van der Waals surface area contributed by atoms with Crippen LogP contribution in [0, 0.1) is 6.92 Å². The third-order valence-electron chi connectivity index (χ3n) is 3.60. The van der Waals surface area contributed by atoms with Gasteiger partial charge < -0.3 is 4.74 Å². The fourth-order valence-corrected chi connectivity index (χ4v) is 2.13. The average molecular weight is 190 g/mol. The fourth-order valence-electron chi connectivity index (χ4n) is 2.13. The van der Waals surface area contributed by atoms with E-state index in [-0.39, 0.29) is 5.60 Å². The van der Waals surface area contributed by atoms with Crippen LogP contribution in [0.3, 0.4) is 0 Å². The van der Waals surface area contributed by atoms with E-state index in [0.29, 0.717) is 5.92 Å². The molecule has 0 aliphatic carbocycles. The molecule has 1 aliphatic heterocycles. The Balaban J connectivity index is 2.45. The predicted molar refractivity (Wildman–Crippen MR) is 58.9 cm³/mol. The second kappa shape index (κ2) is 3.01. The van der Waals surface area contributed by atoms with Crippen molar-refractivity contribution in [3.05, 3.63) is 29.3 Å². The molecule has 1 heterocycles. The van der Waals surface area contributed by atoms with Crippen molar-refractivity contribution >= 4 is 0 Å². The molecule has 1 aromatic rings. The molecule has 0 spiro atoms. The van der Waals surface area contributed by atoms with E-state index in [1.807, 2.05) is 0 Å². The van der Waals surface area contributed by atoms with Crippen LogP contribution >= 0.6 is 0 Å². The Morgan fingerprint density at radius 1 is 1.43 bits per heavy atom. The van der Waals surface area contributed by atoms with E-state index in [2.05, 4.69) is 45.9 Å². The van der Waals surface area contributed by atoms with Crippen LogP contribution in [0.5, 0.6) is 5.75 Å². The maximum absolute atomic E-state index is 6.04. The van der Waals surface area contributed by atoms with Crippen molar-refractivity contribution < 1.29 is 4.74 Å². The third-order valence-corrected chi connectivity index (χ3v) is 3.60. The van der Waals surface area contributed by atoms with Crippen molar-refractivity contribution in [3.63, 3.8) is 0 Å². The van der Waals surface area contributed by atoms with Gasteiger partial charge >= 0.3 is 0 Å². The van der Waals surface area contributed by atoms with Crippen molar-refractivity contribution in [1.29, 1.82) is 0 Å². The molecule has 0 amide bonds. The number of hydrogen-bond acceptors (Lipinski definition) is 1. The highest BCUT2D eigenvalue weighted by molar-refractivity contribution is 5.44. The number of aryl methyl sites for hydroxylation is 1. The molecule has 0 saturated heterocycles. The van der Waals surface area contributed by atoms with Crippen molar-refractivity contribution in [1.82, 2.24) is 0 Å². The largest absolute Gasteiger partial charge is 0.487 e. The zero-order valence-electron chi connectivity index (χ0n) is 9.42. The summed E-state index contributed by atoms with van der Waals surface area (Å²) in [7, 11) is 0. The van der Waals surface area contributed by atoms with Gasteiger partial charge in [-0.1, -0.05) is 26.0 Å². The molecule has 0 saturated carbocycles. The number of benzene rings is 1. The number of ether oxygens (including phenoxy) is 1. The summed E-state index contributed by atoms with van der Waals surface area (Å²) < 4.78 is 6.04. The van der Waals surface area contributed by atoms with Crippen LogP contribution in [-0.2, 0) is 0 Å². The minimum Gasteiger partial charge on any atom is -0.487 e. The predicted octanol–water partition coefficient (Wildman–Crippen LogP) is 3.66. The maximum Gasteiger partial charge on any atom is 0.124 e. The molecule has 14 heavy (non-hydrogen) atoms. The fraction of sp³-hybridized carbons (Fsp3) is 0.538. The lowest BCUT2D eigenvalue weighted by atomic mass is 9.85. The second-order valence-corrected chi connectivity index (χ2v) is 4.53. The van der Waals surface area contributed by atoms with E-state index < -0.39 is 0 Å². The van der Waals surface area contributed by atoms with Gasteiger partial charge in [0, 0.05) is 11.5 Å². The van der Waals surface area contributed by atoms with Crippen molar-refractivity contribution in [3.8, 4) is 5.75 Å². The van der Waals surface area contributed by atoms with E-state index in [0.717, 1.165) is 12.2 Å². The van der Waals surface area contributed by atoms with Crippen molar-refractivity contribution in [2.24, 2.45) is 0 Å². The minimum absolute atomic E-state index is 0.00384. The van der Waals surface area contributed by atoms with Crippen LogP contribution in [0.25, 0.3) is 0 Å². The SMILES string of the molecule is CCC1(C)Oc2cc(C)ccc2C1C. The summed E-state index contributed by atoms with van der Waals surface area (Å²) in [5.41, 5.74) is 2.63. The first kappa shape index (κ1) is 9.57. The molecule has 0 fully saturated rings. The molecule has 1 heteroatoms. The van der Waals surface area contributed by atoms with Gasteiger partial charge in [-0.2, -0.15) is 0 Å². The van der Waals surface area contributed by atoms with Gasteiger partial charge in [0.1, 0.15) is 11.4 Å². The Morgan fingerprint density at radius 3 is 2.79 bits per heavy atom. The smallest absolute Gasteiger partial charge is 0.124 e. The molecule has 2 rings (SSSR count). The molecule has 1 aromatic carbocycles. The van der Waals surface area contributed by atoms with Gasteiger partial charge in [-0.05, 0) is 31.9 Å². The summed E-state index contributed by atoms with van der Waals surface area (Å²) in [6.45, 7) is 8.75. The summed E-state index contributed by atoms with van der Waals surface area (Å²) in [5, 5.41) is 0. The molecule has 1 nitrogen and oxygen atoms in total. The summed E-state index contributed by atoms with van der Waals surface area (Å²) in [4.78, 5) is 0. The van der Waals surface area contributed by atoms with Crippen LogP contribution in [0.15, 0.2) is 18.2 Å². The lowest BCUT2D eigenvalue weighted by molar-refractivity contribution is 0.0895. The van der Waals surface area contributed by atoms with Crippen LogP contribution in [0.4, 0.5) is 0 Å².